The van der Waals surface area contributed by atoms with Crippen molar-refractivity contribution in [3.63, 3.8) is 0 Å². The Morgan fingerprint density at radius 3 is 2.54 bits per heavy atom. The lowest BCUT2D eigenvalue weighted by molar-refractivity contribution is 0.0938. The van der Waals surface area contributed by atoms with Crippen molar-refractivity contribution in [2.75, 3.05) is 13.1 Å². The highest BCUT2D eigenvalue weighted by Crippen LogP contribution is 2.33. The topological polar surface area (TPSA) is 92.5 Å². The van der Waals surface area contributed by atoms with E-state index >= 15 is 0 Å². The molecule has 0 saturated heterocycles. The number of sulfonamides is 1. The lowest BCUT2D eigenvalue weighted by Crippen LogP contribution is -2.40. The summed E-state index contributed by atoms with van der Waals surface area (Å²) in [6.07, 6.45) is 2.95. The van der Waals surface area contributed by atoms with Gasteiger partial charge in [-0.3, -0.25) is 9.48 Å². The highest BCUT2D eigenvalue weighted by atomic mass is 32.2. The van der Waals surface area contributed by atoms with Gasteiger partial charge < -0.3 is 5.11 Å². The predicted octanol–water partition coefficient (Wildman–Crippen LogP) is 1.78. The molecule has 3 rings (SSSR count). The van der Waals surface area contributed by atoms with Crippen molar-refractivity contribution in [3.8, 4) is 0 Å². The summed E-state index contributed by atoms with van der Waals surface area (Å²) < 4.78 is 28.6. The van der Waals surface area contributed by atoms with E-state index in [0.717, 1.165) is 22.7 Å². The molecule has 1 aromatic heterocycles. The highest BCUT2D eigenvalue weighted by Gasteiger charge is 2.30. The Bertz CT molecular complexity index is 883. The number of carbonyl (C=O) groups is 1. The van der Waals surface area contributed by atoms with Gasteiger partial charge in [0.15, 0.2) is 5.78 Å². The molecule has 1 N–H and O–H groups in total. The van der Waals surface area contributed by atoms with E-state index in [1.165, 1.54) is 19.1 Å². The molecule has 0 bridgehead atoms. The number of ketones is 1. The Morgan fingerprint density at radius 1 is 1.31 bits per heavy atom. The maximum Gasteiger partial charge on any atom is 0.243 e. The minimum Gasteiger partial charge on any atom is -0.392 e. The number of benzene rings is 1. The number of hydrogen-bond acceptors (Lipinski definition) is 5. The maximum atomic E-state index is 12.9. The lowest BCUT2D eigenvalue weighted by atomic mass is 10.2. The molecule has 1 aliphatic rings. The van der Waals surface area contributed by atoms with Crippen LogP contribution in [-0.4, -0.2) is 52.6 Å². The van der Waals surface area contributed by atoms with Crippen molar-refractivity contribution < 1.29 is 18.3 Å². The van der Waals surface area contributed by atoms with Gasteiger partial charge in [-0.25, -0.2) is 8.42 Å². The summed E-state index contributed by atoms with van der Waals surface area (Å²) in [6.45, 7) is 2.84. The summed E-state index contributed by atoms with van der Waals surface area (Å²) in [5.41, 5.74) is 1.18. The highest BCUT2D eigenvalue weighted by molar-refractivity contribution is 7.89. The van der Waals surface area contributed by atoms with Crippen LogP contribution in [0.15, 0.2) is 41.4 Å². The molecule has 1 fully saturated rings. The minimum atomic E-state index is -3.90. The van der Waals surface area contributed by atoms with Crippen LogP contribution >= 0.6 is 0 Å². The number of aryl methyl sites for hydroxylation is 1. The summed E-state index contributed by atoms with van der Waals surface area (Å²) in [4.78, 5) is 12.7. The smallest absolute Gasteiger partial charge is 0.243 e. The van der Waals surface area contributed by atoms with Crippen molar-refractivity contribution in [1.29, 1.82) is 0 Å². The second-order valence-electron chi connectivity index (χ2n) is 6.79. The van der Waals surface area contributed by atoms with Gasteiger partial charge >= 0.3 is 0 Å². The number of rotatable bonds is 8. The van der Waals surface area contributed by atoms with Gasteiger partial charge in [0.25, 0.3) is 0 Å². The van der Waals surface area contributed by atoms with Crippen molar-refractivity contribution in [3.05, 3.63) is 47.8 Å². The Labute approximate surface area is 153 Å². The molecule has 7 nitrogen and oxygen atoms in total. The number of nitrogens with zero attached hydrogens (tertiary/aromatic N) is 3. The van der Waals surface area contributed by atoms with Crippen LogP contribution in [0.1, 0.15) is 41.9 Å². The summed E-state index contributed by atoms with van der Waals surface area (Å²) in [5, 5.41) is 14.0. The van der Waals surface area contributed by atoms with E-state index in [-0.39, 0.29) is 29.5 Å². The van der Waals surface area contributed by atoms with Gasteiger partial charge in [-0.15, -0.1) is 0 Å². The molecule has 0 aliphatic heterocycles. The maximum absolute atomic E-state index is 12.9. The van der Waals surface area contributed by atoms with Crippen LogP contribution in [-0.2, 0) is 10.0 Å². The molecule has 140 valence electrons. The van der Waals surface area contributed by atoms with Crippen LogP contribution in [0.3, 0.4) is 0 Å². The van der Waals surface area contributed by atoms with E-state index in [9.17, 15) is 18.3 Å². The Balaban J connectivity index is 1.82. The fourth-order valence-electron chi connectivity index (χ4n) is 2.67. The summed E-state index contributed by atoms with van der Waals surface area (Å²) in [7, 11) is -3.90. The van der Waals surface area contributed by atoms with Crippen LogP contribution in [0.25, 0.3) is 0 Å². The average Bonchev–Trinajstić information content (AvgIpc) is 3.31. The van der Waals surface area contributed by atoms with Crippen molar-refractivity contribution in [1.82, 2.24) is 14.1 Å². The molecule has 26 heavy (non-hydrogen) atoms. The van der Waals surface area contributed by atoms with E-state index in [0.29, 0.717) is 6.04 Å². The van der Waals surface area contributed by atoms with Crippen LogP contribution in [0.2, 0.25) is 0 Å². The number of hydrogen-bond donors (Lipinski definition) is 1. The second-order valence-corrected chi connectivity index (χ2v) is 8.73. The van der Waals surface area contributed by atoms with Gasteiger partial charge in [0.2, 0.25) is 10.0 Å². The molecule has 1 aliphatic carbocycles. The first kappa shape index (κ1) is 18.8. The molecule has 1 atom stereocenters. The van der Waals surface area contributed by atoms with E-state index in [4.69, 9.17) is 0 Å². The molecule has 0 radical (unpaired) electrons. The number of carbonyl (C=O) groups excluding carboxylic acids is 1. The molecule has 0 amide bonds. The van der Waals surface area contributed by atoms with Crippen LogP contribution < -0.4 is 0 Å². The second kappa shape index (κ2) is 7.30. The number of Topliss-reactive ketones (excluding diaryl/α,β-unsaturated/α-hetero) is 1. The average molecular weight is 377 g/mol. The van der Waals surface area contributed by atoms with Gasteiger partial charge in [-0.1, -0.05) is 17.7 Å². The number of aliphatic hydroxyl groups is 1. The van der Waals surface area contributed by atoms with E-state index < -0.39 is 16.1 Å². The zero-order valence-corrected chi connectivity index (χ0v) is 15.7. The van der Waals surface area contributed by atoms with E-state index in [1.54, 1.807) is 29.1 Å². The zero-order chi connectivity index (χ0) is 18.9. The molecule has 1 saturated carbocycles. The Morgan fingerprint density at radius 2 is 1.96 bits per heavy atom. The fraction of sp³-hybridized carbons (Fsp3) is 0.444. The first-order chi connectivity index (χ1) is 12.3. The largest absolute Gasteiger partial charge is 0.392 e. The monoisotopic (exact) mass is 377 g/mol. The normalized spacial score (nSPS) is 16.0. The SMILES string of the molecule is Cc1ccc(S(=O)(=O)N(CC(=O)c2ccn(C3CC3)n2)C[C@@H](C)O)cc1. The molecule has 8 heteroatoms. The standard InChI is InChI=1S/C18H23N3O4S/c1-13-3-7-16(8-4-13)26(24,25)20(11-14(2)22)12-18(23)17-9-10-21(19-17)15-5-6-15/h3-4,7-10,14-15,22H,5-6,11-12H2,1-2H3/t14-/m1/s1. The van der Waals surface area contributed by atoms with Crippen LogP contribution in [0, 0.1) is 6.92 Å². The Hall–Kier alpha value is -2.03. The number of aromatic nitrogens is 2. The predicted molar refractivity (Wildman–Crippen MR) is 96.4 cm³/mol. The van der Waals surface area contributed by atoms with Gasteiger partial charge in [0.1, 0.15) is 5.69 Å². The zero-order valence-electron chi connectivity index (χ0n) is 14.9. The van der Waals surface area contributed by atoms with Gasteiger partial charge in [-0.2, -0.15) is 9.40 Å². The van der Waals surface area contributed by atoms with Crippen LogP contribution in [0.4, 0.5) is 0 Å². The summed E-state index contributed by atoms with van der Waals surface area (Å²) >= 11 is 0. The van der Waals surface area contributed by atoms with Crippen molar-refractivity contribution in [2.45, 2.75) is 43.7 Å². The van der Waals surface area contributed by atoms with Crippen LogP contribution in [0.5, 0.6) is 0 Å². The van der Waals surface area contributed by atoms with Crippen molar-refractivity contribution in [2.24, 2.45) is 0 Å². The molecule has 2 aromatic rings. The fourth-order valence-corrected chi connectivity index (χ4v) is 4.15. The van der Waals surface area contributed by atoms with Gasteiger partial charge in [0, 0.05) is 12.7 Å². The molecule has 1 heterocycles. The first-order valence-electron chi connectivity index (χ1n) is 8.60. The van der Waals surface area contributed by atoms with Gasteiger partial charge in [-0.05, 0) is 44.9 Å². The molecular formula is C18H23N3O4S. The molecule has 0 spiro atoms. The van der Waals surface area contributed by atoms with Crippen molar-refractivity contribution >= 4 is 15.8 Å². The molecule has 0 unspecified atom stereocenters. The van der Waals surface area contributed by atoms with E-state index in [1.807, 2.05) is 6.92 Å². The Kier molecular flexibility index (Phi) is 5.27. The third kappa shape index (κ3) is 4.20. The molecule has 1 aromatic carbocycles. The minimum absolute atomic E-state index is 0.0973. The lowest BCUT2D eigenvalue weighted by Gasteiger charge is -2.22. The third-order valence-electron chi connectivity index (χ3n) is 4.26. The summed E-state index contributed by atoms with van der Waals surface area (Å²) in [6, 6.07) is 8.37. The summed E-state index contributed by atoms with van der Waals surface area (Å²) in [5.74, 6) is -0.388. The quantitative estimate of drug-likeness (QED) is 0.708. The third-order valence-corrected chi connectivity index (χ3v) is 6.09. The van der Waals surface area contributed by atoms with Gasteiger partial charge in [0.05, 0.1) is 23.6 Å². The number of aliphatic hydroxyl groups excluding tert-OH is 1. The molecular weight excluding hydrogens is 354 g/mol. The van der Waals surface area contributed by atoms with E-state index in [2.05, 4.69) is 5.10 Å². The first-order valence-corrected chi connectivity index (χ1v) is 10.0.